The highest BCUT2D eigenvalue weighted by molar-refractivity contribution is 8.00. The van der Waals surface area contributed by atoms with Crippen molar-refractivity contribution in [2.45, 2.75) is 48.7 Å². The summed E-state index contributed by atoms with van der Waals surface area (Å²) >= 11 is 2.04. The smallest absolute Gasteiger partial charge is 0.146 e. The van der Waals surface area contributed by atoms with Crippen molar-refractivity contribution < 1.29 is 0 Å². The SMILES string of the molecule is CC1CCN(c2ncnc3c2SC2CCC32)CC1. The number of aromatic nitrogens is 2. The van der Waals surface area contributed by atoms with E-state index in [-0.39, 0.29) is 0 Å². The average molecular weight is 261 g/mol. The van der Waals surface area contributed by atoms with Gasteiger partial charge in [0, 0.05) is 24.3 Å². The maximum absolute atomic E-state index is 4.59. The quantitative estimate of drug-likeness (QED) is 0.777. The largest absolute Gasteiger partial charge is 0.356 e. The first-order chi connectivity index (χ1) is 8.83. The van der Waals surface area contributed by atoms with Gasteiger partial charge in [-0.2, -0.15) is 0 Å². The van der Waals surface area contributed by atoms with Crippen LogP contribution >= 0.6 is 11.8 Å². The van der Waals surface area contributed by atoms with Crippen LogP contribution in [-0.2, 0) is 0 Å². The Bertz CT molecular complexity index is 468. The van der Waals surface area contributed by atoms with Crippen molar-refractivity contribution in [1.82, 2.24) is 9.97 Å². The van der Waals surface area contributed by atoms with Crippen LogP contribution in [0.2, 0.25) is 0 Å². The van der Waals surface area contributed by atoms with Crippen LogP contribution in [0, 0.1) is 5.92 Å². The molecule has 3 nitrogen and oxygen atoms in total. The second-order valence-electron chi connectivity index (χ2n) is 5.92. The van der Waals surface area contributed by atoms with Crippen LogP contribution in [0.5, 0.6) is 0 Å². The predicted octanol–water partition coefficient (Wildman–Crippen LogP) is 3.06. The van der Waals surface area contributed by atoms with Crippen molar-refractivity contribution in [2.24, 2.45) is 5.92 Å². The molecular formula is C14H19N3S. The highest BCUT2D eigenvalue weighted by Crippen LogP contribution is 2.57. The van der Waals surface area contributed by atoms with Gasteiger partial charge in [-0.15, -0.1) is 11.8 Å². The van der Waals surface area contributed by atoms with Gasteiger partial charge in [0.1, 0.15) is 12.1 Å². The van der Waals surface area contributed by atoms with E-state index < -0.39 is 0 Å². The van der Waals surface area contributed by atoms with Crippen LogP contribution in [0.3, 0.4) is 0 Å². The zero-order valence-electron chi connectivity index (χ0n) is 10.8. The summed E-state index contributed by atoms with van der Waals surface area (Å²) in [4.78, 5) is 13.0. The molecule has 1 aromatic heterocycles. The van der Waals surface area contributed by atoms with Gasteiger partial charge in [-0.1, -0.05) is 6.92 Å². The number of fused-ring (bicyclic) bond motifs is 3. The van der Waals surface area contributed by atoms with E-state index in [4.69, 9.17) is 0 Å². The van der Waals surface area contributed by atoms with E-state index in [0.717, 1.165) is 17.1 Å². The molecule has 1 aliphatic carbocycles. The van der Waals surface area contributed by atoms with E-state index in [1.807, 2.05) is 11.8 Å². The van der Waals surface area contributed by atoms with E-state index in [1.54, 1.807) is 6.33 Å². The molecule has 1 aromatic rings. The van der Waals surface area contributed by atoms with E-state index in [2.05, 4.69) is 21.8 Å². The van der Waals surface area contributed by atoms with Gasteiger partial charge in [0.25, 0.3) is 0 Å². The van der Waals surface area contributed by atoms with E-state index in [1.165, 1.54) is 55.2 Å². The minimum Gasteiger partial charge on any atom is -0.356 e. The Hall–Kier alpha value is -0.770. The molecule has 3 aliphatic rings. The zero-order valence-corrected chi connectivity index (χ0v) is 11.6. The molecule has 4 rings (SSSR count). The van der Waals surface area contributed by atoms with Crippen molar-refractivity contribution in [2.75, 3.05) is 18.0 Å². The van der Waals surface area contributed by atoms with Gasteiger partial charge >= 0.3 is 0 Å². The highest BCUT2D eigenvalue weighted by Gasteiger charge is 2.43. The first-order valence-electron chi connectivity index (χ1n) is 7.09. The standard InChI is InChI=1S/C14H19N3S/c1-9-4-6-17(7-5-9)14-13-12(15-8-16-14)10-2-3-11(10)18-13/h8-11H,2-7H2,1H3. The molecule has 0 N–H and O–H groups in total. The van der Waals surface area contributed by atoms with Crippen LogP contribution in [0.25, 0.3) is 0 Å². The maximum atomic E-state index is 4.59. The summed E-state index contributed by atoms with van der Waals surface area (Å²) in [6.45, 7) is 4.69. The minimum atomic E-state index is 0.732. The van der Waals surface area contributed by atoms with Crippen molar-refractivity contribution in [3.8, 4) is 0 Å². The van der Waals surface area contributed by atoms with Crippen LogP contribution in [0.4, 0.5) is 5.82 Å². The Morgan fingerprint density at radius 1 is 1.17 bits per heavy atom. The molecular weight excluding hydrogens is 242 g/mol. The molecule has 2 atom stereocenters. The summed E-state index contributed by atoms with van der Waals surface area (Å²) in [6, 6.07) is 0. The average Bonchev–Trinajstić information content (AvgIpc) is 2.61. The number of hydrogen-bond donors (Lipinski definition) is 0. The number of anilines is 1. The van der Waals surface area contributed by atoms with Crippen LogP contribution in [0.1, 0.15) is 44.2 Å². The third-order valence-electron chi connectivity index (χ3n) is 4.73. The number of thioether (sulfide) groups is 1. The van der Waals surface area contributed by atoms with Crippen molar-refractivity contribution >= 4 is 17.6 Å². The molecule has 0 bridgehead atoms. The van der Waals surface area contributed by atoms with Crippen molar-refractivity contribution in [1.29, 1.82) is 0 Å². The Labute approximate surface area is 112 Å². The normalized spacial score (nSPS) is 30.8. The molecule has 3 heterocycles. The lowest BCUT2D eigenvalue weighted by atomic mass is 9.82. The van der Waals surface area contributed by atoms with Gasteiger partial charge in [-0.05, 0) is 31.6 Å². The molecule has 1 saturated carbocycles. The molecule has 4 heteroatoms. The lowest BCUT2D eigenvalue weighted by molar-refractivity contribution is 0.428. The second-order valence-corrected chi connectivity index (χ2v) is 7.17. The summed E-state index contributed by atoms with van der Waals surface area (Å²) in [7, 11) is 0. The van der Waals surface area contributed by atoms with E-state index in [0.29, 0.717) is 0 Å². The summed E-state index contributed by atoms with van der Waals surface area (Å²) in [5, 5.41) is 0.805. The molecule has 0 amide bonds. The Morgan fingerprint density at radius 2 is 2.00 bits per heavy atom. The number of nitrogens with zero attached hydrogens (tertiary/aromatic N) is 3. The van der Waals surface area contributed by atoms with Crippen LogP contribution in [0.15, 0.2) is 11.2 Å². The fourth-order valence-electron chi connectivity index (χ4n) is 3.28. The monoisotopic (exact) mass is 261 g/mol. The highest BCUT2D eigenvalue weighted by atomic mass is 32.2. The lowest BCUT2D eigenvalue weighted by Crippen LogP contribution is -2.33. The van der Waals surface area contributed by atoms with Gasteiger partial charge in [0.15, 0.2) is 0 Å². The summed E-state index contributed by atoms with van der Waals surface area (Å²) < 4.78 is 0. The third-order valence-corrected chi connectivity index (χ3v) is 6.22. The Kier molecular flexibility index (Phi) is 2.54. The molecule has 2 aliphatic heterocycles. The van der Waals surface area contributed by atoms with Crippen LogP contribution < -0.4 is 4.90 Å². The number of piperidine rings is 1. The fraction of sp³-hybridized carbons (Fsp3) is 0.714. The summed E-state index contributed by atoms with van der Waals surface area (Å²) in [6.07, 6.45) is 7.08. The summed E-state index contributed by atoms with van der Waals surface area (Å²) in [5.41, 5.74) is 1.35. The van der Waals surface area contributed by atoms with Crippen molar-refractivity contribution in [3.63, 3.8) is 0 Å². The topological polar surface area (TPSA) is 29.0 Å². The fourth-order valence-corrected chi connectivity index (χ4v) is 4.87. The van der Waals surface area contributed by atoms with Crippen LogP contribution in [-0.4, -0.2) is 28.3 Å². The molecule has 18 heavy (non-hydrogen) atoms. The lowest BCUT2D eigenvalue weighted by Gasteiger charge is -2.32. The third kappa shape index (κ3) is 1.58. The molecule has 1 saturated heterocycles. The van der Waals surface area contributed by atoms with Crippen molar-refractivity contribution in [3.05, 3.63) is 12.0 Å². The number of hydrogen-bond acceptors (Lipinski definition) is 4. The van der Waals surface area contributed by atoms with Gasteiger partial charge in [0.2, 0.25) is 0 Å². The number of rotatable bonds is 1. The van der Waals surface area contributed by atoms with Gasteiger partial charge in [-0.25, -0.2) is 9.97 Å². The van der Waals surface area contributed by atoms with E-state index in [9.17, 15) is 0 Å². The zero-order chi connectivity index (χ0) is 12.1. The minimum absolute atomic E-state index is 0.732. The Morgan fingerprint density at radius 3 is 2.72 bits per heavy atom. The molecule has 96 valence electrons. The second kappa shape index (κ2) is 4.12. The molecule has 2 fully saturated rings. The maximum Gasteiger partial charge on any atom is 0.146 e. The summed E-state index contributed by atoms with van der Waals surface area (Å²) in [5.74, 6) is 2.83. The molecule has 2 unspecified atom stereocenters. The molecule has 0 radical (unpaired) electrons. The first kappa shape index (κ1) is 11.1. The first-order valence-corrected chi connectivity index (χ1v) is 7.97. The Balaban J connectivity index is 1.66. The van der Waals surface area contributed by atoms with Gasteiger partial charge < -0.3 is 4.90 Å². The molecule has 0 aromatic carbocycles. The van der Waals surface area contributed by atoms with Gasteiger partial charge in [0.05, 0.1) is 10.6 Å². The predicted molar refractivity (Wildman–Crippen MR) is 74.3 cm³/mol. The molecule has 0 spiro atoms. The van der Waals surface area contributed by atoms with Gasteiger partial charge in [-0.3, -0.25) is 0 Å². The van der Waals surface area contributed by atoms with E-state index >= 15 is 0 Å².